The number of benzene rings is 1. The molecule has 0 amide bonds. The van der Waals surface area contributed by atoms with Crippen LogP contribution in [0.15, 0.2) is 58.5 Å². The molecular formula is C18H17ClN2OS. The Balaban J connectivity index is 2.05. The fourth-order valence-corrected chi connectivity index (χ4v) is 3.29. The molecule has 0 saturated heterocycles. The first-order valence-electron chi connectivity index (χ1n) is 7.24. The Morgan fingerprint density at radius 1 is 1.22 bits per heavy atom. The average molecular weight is 345 g/mol. The van der Waals surface area contributed by atoms with Crippen LogP contribution in [0.2, 0.25) is 5.02 Å². The van der Waals surface area contributed by atoms with Crippen LogP contribution < -0.4 is 0 Å². The van der Waals surface area contributed by atoms with Crippen molar-refractivity contribution < 1.29 is 5.11 Å². The highest BCUT2D eigenvalue weighted by atomic mass is 35.5. The molecule has 0 aliphatic heterocycles. The monoisotopic (exact) mass is 344 g/mol. The van der Waals surface area contributed by atoms with E-state index in [-0.39, 0.29) is 0 Å². The normalized spacial score (nSPS) is 12.3. The van der Waals surface area contributed by atoms with E-state index in [1.54, 1.807) is 37.9 Å². The first kappa shape index (κ1) is 16.1. The fourth-order valence-electron chi connectivity index (χ4n) is 2.15. The highest BCUT2D eigenvalue weighted by Crippen LogP contribution is 2.37. The van der Waals surface area contributed by atoms with Gasteiger partial charge in [-0.05, 0) is 56.3 Å². The van der Waals surface area contributed by atoms with Crippen LogP contribution in [-0.2, 0) is 0 Å². The van der Waals surface area contributed by atoms with Gasteiger partial charge in [-0.3, -0.25) is 0 Å². The molecule has 0 radical (unpaired) electrons. The number of nitrogens with one attached hydrogen (secondary N) is 1. The second kappa shape index (κ2) is 6.40. The topological polar surface area (TPSA) is 48.9 Å². The number of fused-ring (bicyclic) bond motifs is 1. The van der Waals surface area contributed by atoms with Crippen LogP contribution in [0.25, 0.3) is 17.1 Å². The minimum atomic E-state index is -0.868. The molecule has 0 bridgehead atoms. The van der Waals surface area contributed by atoms with E-state index < -0.39 is 5.60 Å². The van der Waals surface area contributed by atoms with Gasteiger partial charge in [-0.25, -0.2) is 4.98 Å². The Kier molecular flexibility index (Phi) is 4.48. The van der Waals surface area contributed by atoms with Crippen molar-refractivity contribution in [2.24, 2.45) is 0 Å². The number of aromatic amines is 1. The van der Waals surface area contributed by atoms with Gasteiger partial charge >= 0.3 is 0 Å². The number of halogens is 1. The van der Waals surface area contributed by atoms with Gasteiger partial charge in [0.2, 0.25) is 0 Å². The third-order valence-electron chi connectivity index (χ3n) is 3.24. The van der Waals surface area contributed by atoms with Gasteiger partial charge in [0.15, 0.2) is 0 Å². The quantitative estimate of drug-likeness (QED) is 0.688. The minimum absolute atomic E-state index is 0.720. The molecule has 0 spiro atoms. The first-order chi connectivity index (χ1) is 10.9. The predicted molar refractivity (Wildman–Crippen MR) is 97.0 cm³/mol. The summed E-state index contributed by atoms with van der Waals surface area (Å²) < 4.78 is 0. The second-order valence-corrected chi connectivity index (χ2v) is 7.33. The molecule has 0 saturated carbocycles. The molecule has 5 heteroatoms. The molecule has 3 nitrogen and oxygen atoms in total. The highest BCUT2D eigenvalue weighted by Gasteiger charge is 2.13. The maximum atomic E-state index is 9.93. The van der Waals surface area contributed by atoms with Crippen LogP contribution >= 0.6 is 23.4 Å². The molecule has 2 heterocycles. The van der Waals surface area contributed by atoms with E-state index in [0.29, 0.717) is 0 Å². The third kappa shape index (κ3) is 3.96. The maximum Gasteiger partial charge on any atom is 0.138 e. The summed E-state index contributed by atoms with van der Waals surface area (Å²) in [4.78, 5) is 9.86. The summed E-state index contributed by atoms with van der Waals surface area (Å²) >= 11 is 7.60. The van der Waals surface area contributed by atoms with Gasteiger partial charge < -0.3 is 10.1 Å². The smallest absolute Gasteiger partial charge is 0.138 e. The van der Waals surface area contributed by atoms with E-state index in [9.17, 15) is 5.11 Å². The van der Waals surface area contributed by atoms with Gasteiger partial charge in [0.05, 0.1) is 11.3 Å². The van der Waals surface area contributed by atoms with Crippen molar-refractivity contribution in [2.45, 2.75) is 29.2 Å². The molecule has 0 fully saturated rings. The van der Waals surface area contributed by atoms with Crippen LogP contribution in [-0.4, -0.2) is 20.7 Å². The Labute approximate surface area is 144 Å². The molecule has 0 unspecified atom stereocenters. The average Bonchev–Trinajstić information content (AvgIpc) is 2.85. The number of hydrogen-bond acceptors (Lipinski definition) is 3. The molecule has 0 aliphatic rings. The molecule has 3 rings (SSSR count). The zero-order valence-electron chi connectivity index (χ0n) is 12.9. The van der Waals surface area contributed by atoms with Crippen molar-refractivity contribution in [1.82, 2.24) is 9.97 Å². The Bertz CT molecular complexity index is 848. The maximum absolute atomic E-state index is 9.93. The van der Waals surface area contributed by atoms with Crippen LogP contribution in [0.4, 0.5) is 0 Å². The standard InChI is InChI=1S/C18H17ClN2OS/c1-18(2,22)10-9-15-16(14-4-3-11-20-17(14)21-15)23-13-7-5-12(19)6-8-13/h3-11,22H,1-2H3,(H,20,21). The molecule has 0 aliphatic carbocycles. The zero-order valence-corrected chi connectivity index (χ0v) is 14.4. The van der Waals surface area contributed by atoms with Gasteiger partial charge in [0.1, 0.15) is 5.65 Å². The van der Waals surface area contributed by atoms with Crippen molar-refractivity contribution in [3.63, 3.8) is 0 Å². The highest BCUT2D eigenvalue weighted by molar-refractivity contribution is 7.99. The van der Waals surface area contributed by atoms with E-state index in [4.69, 9.17) is 11.6 Å². The Morgan fingerprint density at radius 3 is 2.65 bits per heavy atom. The third-order valence-corrected chi connectivity index (χ3v) is 4.65. The number of H-pyrrole nitrogens is 1. The molecule has 3 aromatic rings. The lowest BCUT2D eigenvalue weighted by molar-refractivity contribution is 0.134. The summed E-state index contributed by atoms with van der Waals surface area (Å²) in [6.45, 7) is 3.49. The number of pyridine rings is 1. The van der Waals surface area contributed by atoms with Gasteiger partial charge in [-0.1, -0.05) is 29.4 Å². The minimum Gasteiger partial charge on any atom is -0.386 e. The lowest BCUT2D eigenvalue weighted by atomic mass is 10.1. The molecule has 118 valence electrons. The Hall–Kier alpha value is -1.75. The van der Waals surface area contributed by atoms with Crippen LogP contribution in [0.5, 0.6) is 0 Å². The van der Waals surface area contributed by atoms with Gasteiger partial charge in [-0.2, -0.15) is 0 Å². The van der Waals surface area contributed by atoms with Crippen LogP contribution in [0.3, 0.4) is 0 Å². The molecule has 0 atom stereocenters. The lowest BCUT2D eigenvalue weighted by Crippen LogP contribution is -2.13. The first-order valence-corrected chi connectivity index (χ1v) is 8.43. The number of hydrogen-bond donors (Lipinski definition) is 2. The number of nitrogens with zero attached hydrogens (tertiary/aromatic N) is 1. The molecule has 2 aromatic heterocycles. The number of aromatic nitrogens is 2. The lowest BCUT2D eigenvalue weighted by Gasteiger charge is -2.10. The predicted octanol–water partition coefficient (Wildman–Crippen LogP) is 5.15. The second-order valence-electron chi connectivity index (χ2n) is 5.81. The van der Waals surface area contributed by atoms with Crippen molar-refractivity contribution in [2.75, 3.05) is 0 Å². The van der Waals surface area contributed by atoms with E-state index in [1.165, 1.54) is 0 Å². The van der Waals surface area contributed by atoms with Gasteiger partial charge in [0, 0.05) is 26.4 Å². The zero-order chi connectivity index (χ0) is 16.4. The van der Waals surface area contributed by atoms with Gasteiger partial charge in [0.25, 0.3) is 0 Å². The Morgan fingerprint density at radius 2 is 1.96 bits per heavy atom. The van der Waals surface area contributed by atoms with E-state index in [2.05, 4.69) is 9.97 Å². The SMILES string of the molecule is CC(C)(O)C=Cc1[nH]c2ncccc2c1Sc1ccc(Cl)cc1. The number of rotatable bonds is 4. The molecule has 23 heavy (non-hydrogen) atoms. The van der Waals surface area contributed by atoms with Gasteiger partial charge in [-0.15, -0.1) is 0 Å². The van der Waals surface area contributed by atoms with E-state index in [1.807, 2.05) is 42.5 Å². The van der Waals surface area contributed by atoms with Crippen molar-refractivity contribution >= 4 is 40.5 Å². The van der Waals surface area contributed by atoms with E-state index in [0.717, 1.165) is 31.5 Å². The molecule has 2 N–H and O–H groups in total. The summed E-state index contributed by atoms with van der Waals surface area (Å²) in [7, 11) is 0. The van der Waals surface area contributed by atoms with Crippen molar-refractivity contribution in [1.29, 1.82) is 0 Å². The summed E-state index contributed by atoms with van der Waals surface area (Å²) in [6.07, 6.45) is 5.43. The number of aliphatic hydroxyl groups is 1. The van der Waals surface area contributed by atoms with E-state index >= 15 is 0 Å². The summed E-state index contributed by atoms with van der Waals surface area (Å²) in [6, 6.07) is 11.7. The van der Waals surface area contributed by atoms with Crippen LogP contribution in [0, 0.1) is 0 Å². The molecule has 1 aromatic carbocycles. The summed E-state index contributed by atoms with van der Waals surface area (Å²) in [5, 5.41) is 11.7. The van der Waals surface area contributed by atoms with Crippen molar-refractivity contribution in [3.05, 3.63) is 59.4 Å². The summed E-state index contributed by atoms with van der Waals surface area (Å²) in [5.41, 5.74) is 0.896. The summed E-state index contributed by atoms with van der Waals surface area (Å²) in [5.74, 6) is 0. The fraction of sp³-hybridized carbons (Fsp3) is 0.167. The molecular weight excluding hydrogens is 328 g/mol. The van der Waals surface area contributed by atoms with Crippen LogP contribution in [0.1, 0.15) is 19.5 Å². The van der Waals surface area contributed by atoms with Crippen molar-refractivity contribution in [3.8, 4) is 0 Å². The largest absolute Gasteiger partial charge is 0.386 e.